The van der Waals surface area contributed by atoms with Crippen LogP contribution in [0.5, 0.6) is 0 Å². The molecule has 0 saturated carbocycles. The van der Waals surface area contributed by atoms with E-state index in [4.69, 9.17) is 17.2 Å². The van der Waals surface area contributed by atoms with Crippen LogP contribution in [-0.4, -0.2) is 0 Å². The number of nitrogen functional groups attached to an aromatic ring is 2. The van der Waals surface area contributed by atoms with E-state index >= 15 is 0 Å². The third kappa shape index (κ3) is 2.35. The van der Waals surface area contributed by atoms with Crippen LogP contribution < -0.4 is 17.2 Å². The van der Waals surface area contributed by atoms with Gasteiger partial charge in [0, 0.05) is 16.9 Å². The molecular formula is C19H23N3. The van der Waals surface area contributed by atoms with E-state index in [0.29, 0.717) is 11.4 Å². The molecule has 0 aliphatic rings. The normalized spacial score (nSPS) is 11.0. The van der Waals surface area contributed by atoms with Crippen molar-refractivity contribution in [2.75, 3.05) is 11.5 Å². The highest BCUT2D eigenvalue weighted by molar-refractivity contribution is 5.92. The number of hydrogen-bond acceptors (Lipinski definition) is 3. The standard InChI is InChI=1S/C19H23N3/c1-5-14-13(4)18(12(3)11(2)15(14)9-10-20)19-16(21)7-6-8-17(19)22/h5-10H,1,20-22H2,2-4H3/b10-9-. The van der Waals surface area contributed by atoms with Gasteiger partial charge in [-0.1, -0.05) is 18.7 Å². The van der Waals surface area contributed by atoms with Crippen molar-refractivity contribution in [1.29, 1.82) is 0 Å². The van der Waals surface area contributed by atoms with Crippen LogP contribution in [0, 0.1) is 20.8 Å². The maximum absolute atomic E-state index is 6.19. The van der Waals surface area contributed by atoms with Gasteiger partial charge in [0.2, 0.25) is 0 Å². The molecule has 0 aliphatic heterocycles. The van der Waals surface area contributed by atoms with Crippen molar-refractivity contribution >= 4 is 23.5 Å². The summed E-state index contributed by atoms with van der Waals surface area (Å²) in [5, 5.41) is 0. The Morgan fingerprint density at radius 3 is 1.95 bits per heavy atom. The van der Waals surface area contributed by atoms with Crippen molar-refractivity contribution in [2.45, 2.75) is 20.8 Å². The predicted octanol–water partition coefficient (Wildman–Crippen LogP) is 4.02. The Bertz CT molecular complexity index is 751. The van der Waals surface area contributed by atoms with Gasteiger partial charge in [0.05, 0.1) is 0 Å². The lowest BCUT2D eigenvalue weighted by molar-refractivity contribution is 1.27. The van der Waals surface area contributed by atoms with Crippen LogP contribution in [-0.2, 0) is 0 Å². The van der Waals surface area contributed by atoms with E-state index in [2.05, 4.69) is 27.4 Å². The molecule has 114 valence electrons. The third-order valence-electron chi connectivity index (χ3n) is 4.26. The lowest BCUT2D eigenvalue weighted by Gasteiger charge is -2.21. The third-order valence-corrected chi connectivity index (χ3v) is 4.26. The smallest absolute Gasteiger partial charge is 0.0414 e. The number of benzene rings is 2. The molecule has 2 aromatic carbocycles. The zero-order valence-corrected chi connectivity index (χ0v) is 13.4. The van der Waals surface area contributed by atoms with Gasteiger partial charge in [-0.05, 0) is 78.6 Å². The summed E-state index contributed by atoms with van der Waals surface area (Å²) in [6.07, 6.45) is 5.32. The Kier molecular flexibility index (Phi) is 4.27. The summed E-state index contributed by atoms with van der Waals surface area (Å²) < 4.78 is 0. The quantitative estimate of drug-likeness (QED) is 0.748. The first-order valence-corrected chi connectivity index (χ1v) is 7.22. The summed E-state index contributed by atoms with van der Waals surface area (Å²) in [4.78, 5) is 0. The first-order valence-electron chi connectivity index (χ1n) is 7.22. The minimum absolute atomic E-state index is 0.683. The highest BCUT2D eigenvalue weighted by atomic mass is 14.6. The summed E-state index contributed by atoms with van der Waals surface area (Å²) in [7, 11) is 0. The van der Waals surface area contributed by atoms with Gasteiger partial charge in [-0.25, -0.2) is 0 Å². The van der Waals surface area contributed by atoms with Crippen LogP contribution in [0.3, 0.4) is 0 Å². The minimum Gasteiger partial charge on any atom is -0.405 e. The monoisotopic (exact) mass is 293 g/mol. The second-order valence-electron chi connectivity index (χ2n) is 5.45. The molecule has 3 heteroatoms. The number of nitrogens with two attached hydrogens (primary N) is 3. The summed E-state index contributed by atoms with van der Waals surface area (Å²) >= 11 is 0. The molecule has 0 bridgehead atoms. The molecule has 0 spiro atoms. The van der Waals surface area contributed by atoms with E-state index in [1.54, 1.807) is 6.20 Å². The van der Waals surface area contributed by atoms with Gasteiger partial charge in [0.1, 0.15) is 0 Å². The largest absolute Gasteiger partial charge is 0.405 e. The molecule has 0 amide bonds. The van der Waals surface area contributed by atoms with Crippen LogP contribution in [0.1, 0.15) is 27.8 Å². The number of anilines is 2. The summed E-state index contributed by atoms with van der Waals surface area (Å²) in [5.74, 6) is 0. The molecule has 0 saturated heterocycles. The average molecular weight is 293 g/mol. The zero-order valence-electron chi connectivity index (χ0n) is 13.4. The Hall–Kier alpha value is -2.68. The lowest BCUT2D eigenvalue weighted by atomic mass is 9.84. The first-order chi connectivity index (χ1) is 10.4. The van der Waals surface area contributed by atoms with Gasteiger partial charge in [-0.15, -0.1) is 0 Å². The van der Waals surface area contributed by atoms with Gasteiger partial charge in [-0.3, -0.25) is 0 Å². The topological polar surface area (TPSA) is 78.1 Å². The molecule has 0 fully saturated rings. The van der Waals surface area contributed by atoms with Gasteiger partial charge in [0.25, 0.3) is 0 Å². The highest BCUT2D eigenvalue weighted by Gasteiger charge is 2.18. The SMILES string of the molecule is C=Cc1c(C)c(-c2c(N)cccc2N)c(C)c(C)c1/C=C\N. The van der Waals surface area contributed by atoms with Crippen molar-refractivity contribution in [2.24, 2.45) is 5.73 Å². The summed E-state index contributed by atoms with van der Waals surface area (Å²) in [6, 6.07) is 5.62. The zero-order chi connectivity index (χ0) is 16.4. The molecular weight excluding hydrogens is 270 g/mol. The van der Waals surface area contributed by atoms with E-state index in [-0.39, 0.29) is 0 Å². The van der Waals surface area contributed by atoms with Gasteiger partial charge >= 0.3 is 0 Å². The summed E-state index contributed by atoms with van der Waals surface area (Å²) in [5.41, 5.74) is 26.9. The molecule has 22 heavy (non-hydrogen) atoms. The lowest BCUT2D eigenvalue weighted by Crippen LogP contribution is -2.04. The molecule has 0 aliphatic carbocycles. The minimum atomic E-state index is 0.683. The highest BCUT2D eigenvalue weighted by Crippen LogP contribution is 2.40. The van der Waals surface area contributed by atoms with Gasteiger partial charge < -0.3 is 17.2 Å². The molecule has 3 nitrogen and oxygen atoms in total. The molecule has 2 aromatic rings. The predicted molar refractivity (Wildman–Crippen MR) is 98.2 cm³/mol. The molecule has 6 N–H and O–H groups in total. The molecule has 0 atom stereocenters. The first kappa shape index (κ1) is 15.7. The Morgan fingerprint density at radius 2 is 1.45 bits per heavy atom. The maximum Gasteiger partial charge on any atom is 0.0414 e. The van der Waals surface area contributed by atoms with E-state index in [1.807, 2.05) is 30.4 Å². The molecule has 0 heterocycles. The van der Waals surface area contributed by atoms with Crippen molar-refractivity contribution in [1.82, 2.24) is 0 Å². The van der Waals surface area contributed by atoms with Gasteiger partial charge in [-0.2, -0.15) is 0 Å². The van der Waals surface area contributed by atoms with Crippen LogP contribution >= 0.6 is 0 Å². The van der Waals surface area contributed by atoms with Crippen molar-refractivity contribution in [3.8, 4) is 11.1 Å². The maximum atomic E-state index is 6.19. The van der Waals surface area contributed by atoms with E-state index in [9.17, 15) is 0 Å². The van der Waals surface area contributed by atoms with Crippen LogP contribution in [0.2, 0.25) is 0 Å². The number of rotatable bonds is 3. The fraction of sp³-hybridized carbons (Fsp3) is 0.158. The molecule has 2 rings (SSSR count). The summed E-state index contributed by atoms with van der Waals surface area (Å²) in [6.45, 7) is 10.2. The fourth-order valence-electron chi connectivity index (χ4n) is 3.04. The Balaban J connectivity index is 2.96. The Morgan fingerprint density at radius 1 is 0.864 bits per heavy atom. The van der Waals surface area contributed by atoms with E-state index in [1.165, 1.54) is 0 Å². The van der Waals surface area contributed by atoms with Gasteiger partial charge in [0.15, 0.2) is 0 Å². The van der Waals surface area contributed by atoms with Crippen molar-refractivity contribution in [3.63, 3.8) is 0 Å². The van der Waals surface area contributed by atoms with E-state index < -0.39 is 0 Å². The molecule has 0 radical (unpaired) electrons. The van der Waals surface area contributed by atoms with Crippen LogP contribution in [0.25, 0.3) is 23.3 Å². The fourth-order valence-corrected chi connectivity index (χ4v) is 3.04. The molecule has 0 aromatic heterocycles. The van der Waals surface area contributed by atoms with Crippen molar-refractivity contribution < 1.29 is 0 Å². The second-order valence-corrected chi connectivity index (χ2v) is 5.45. The second kappa shape index (κ2) is 5.98. The Labute approximate surface area is 132 Å². The van der Waals surface area contributed by atoms with Crippen molar-refractivity contribution in [3.05, 3.63) is 58.8 Å². The van der Waals surface area contributed by atoms with Crippen LogP contribution in [0.15, 0.2) is 31.0 Å². The van der Waals surface area contributed by atoms with E-state index in [0.717, 1.165) is 38.9 Å². The average Bonchev–Trinajstić information content (AvgIpc) is 2.48. The molecule has 0 unspecified atom stereocenters. The number of hydrogen-bond donors (Lipinski definition) is 3. The van der Waals surface area contributed by atoms with Crippen LogP contribution in [0.4, 0.5) is 11.4 Å².